The number of hydrogen-bond acceptors (Lipinski definition) is 2. The van der Waals surface area contributed by atoms with Gasteiger partial charge in [-0.05, 0) is 37.3 Å². The predicted molar refractivity (Wildman–Crippen MR) is 97.6 cm³/mol. The Morgan fingerprint density at radius 1 is 1.25 bits per heavy atom. The number of nitrogens with zero attached hydrogens (tertiary/aromatic N) is 2. The van der Waals surface area contributed by atoms with Gasteiger partial charge in [-0.2, -0.15) is 0 Å². The number of hydrogen-bond donors (Lipinski definition) is 1. The number of imidazole rings is 1. The van der Waals surface area contributed by atoms with Crippen LogP contribution in [0.1, 0.15) is 58.2 Å². The van der Waals surface area contributed by atoms with Crippen molar-refractivity contribution in [3.63, 3.8) is 0 Å². The number of aryl methyl sites for hydroxylation is 1. The van der Waals surface area contributed by atoms with Crippen LogP contribution in [0.5, 0.6) is 0 Å². The molecule has 4 nitrogen and oxygen atoms in total. The molecule has 1 saturated carbocycles. The fourth-order valence-electron chi connectivity index (χ4n) is 3.57. The number of amides is 1. The largest absolute Gasteiger partial charge is 0.349 e. The van der Waals surface area contributed by atoms with Crippen molar-refractivity contribution in [3.8, 4) is 0 Å². The Hall–Kier alpha value is -1.84. The van der Waals surface area contributed by atoms with Gasteiger partial charge in [0.2, 0.25) is 5.91 Å². The molecule has 1 aromatic carbocycles. The number of nitrogens with one attached hydrogen (secondary N) is 1. The highest BCUT2D eigenvalue weighted by atomic mass is 16.1. The van der Waals surface area contributed by atoms with Crippen molar-refractivity contribution in [1.82, 2.24) is 14.9 Å². The Morgan fingerprint density at radius 3 is 2.75 bits per heavy atom. The molecular weight excluding hydrogens is 298 g/mol. The first-order valence-electron chi connectivity index (χ1n) is 9.37. The number of carbonyl (C=O) groups is 1. The summed E-state index contributed by atoms with van der Waals surface area (Å²) in [6, 6.07) is 8.25. The van der Waals surface area contributed by atoms with Gasteiger partial charge in [0, 0.05) is 12.5 Å². The van der Waals surface area contributed by atoms with Gasteiger partial charge in [-0.1, -0.05) is 45.2 Å². The Kier molecular flexibility index (Phi) is 5.54. The molecule has 1 fully saturated rings. The van der Waals surface area contributed by atoms with Crippen LogP contribution >= 0.6 is 0 Å². The van der Waals surface area contributed by atoms with Crippen LogP contribution < -0.4 is 5.32 Å². The molecule has 24 heavy (non-hydrogen) atoms. The number of para-hydroxylation sites is 2. The zero-order valence-corrected chi connectivity index (χ0v) is 14.9. The van der Waals surface area contributed by atoms with Crippen LogP contribution in [-0.2, 0) is 17.9 Å². The van der Waals surface area contributed by atoms with E-state index in [2.05, 4.69) is 35.9 Å². The number of aromatic nitrogens is 2. The van der Waals surface area contributed by atoms with E-state index < -0.39 is 0 Å². The molecular formula is C20H29N3O. The first-order chi connectivity index (χ1) is 11.6. The lowest BCUT2D eigenvalue weighted by Crippen LogP contribution is -2.32. The van der Waals surface area contributed by atoms with Crippen molar-refractivity contribution in [3.05, 3.63) is 30.1 Å². The third-order valence-electron chi connectivity index (χ3n) is 5.06. The van der Waals surface area contributed by atoms with Gasteiger partial charge in [-0.25, -0.2) is 4.98 Å². The third-order valence-corrected chi connectivity index (χ3v) is 5.06. The highest BCUT2D eigenvalue weighted by Gasteiger charge is 2.21. The maximum absolute atomic E-state index is 12.4. The molecule has 0 bridgehead atoms. The van der Waals surface area contributed by atoms with Gasteiger partial charge in [0.25, 0.3) is 0 Å². The minimum absolute atomic E-state index is 0.201. The van der Waals surface area contributed by atoms with E-state index in [1.165, 1.54) is 24.8 Å². The predicted octanol–water partition coefficient (Wildman–Crippen LogP) is 4.28. The van der Waals surface area contributed by atoms with Crippen molar-refractivity contribution in [2.75, 3.05) is 0 Å². The van der Waals surface area contributed by atoms with Gasteiger partial charge in [0.1, 0.15) is 5.82 Å². The summed E-state index contributed by atoms with van der Waals surface area (Å²) in [4.78, 5) is 17.2. The maximum Gasteiger partial charge on any atom is 0.223 e. The summed E-state index contributed by atoms with van der Waals surface area (Å²) >= 11 is 0. The summed E-state index contributed by atoms with van der Waals surface area (Å²) < 4.78 is 2.27. The molecule has 0 aliphatic heterocycles. The topological polar surface area (TPSA) is 46.9 Å². The molecule has 1 aromatic heterocycles. The van der Waals surface area contributed by atoms with Crippen LogP contribution in [-0.4, -0.2) is 15.5 Å². The smallest absolute Gasteiger partial charge is 0.223 e. The van der Waals surface area contributed by atoms with Gasteiger partial charge < -0.3 is 9.88 Å². The van der Waals surface area contributed by atoms with Crippen LogP contribution in [0.4, 0.5) is 0 Å². The molecule has 1 N–H and O–H groups in total. The zero-order chi connectivity index (χ0) is 16.9. The Labute approximate surface area is 144 Å². The Balaban J connectivity index is 1.72. The van der Waals surface area contributed by atoms with Gasteiger partial charge >= 0.3 is 0 Å². The summed E-state index contributed by atoms with van der Waals surface area (Å²) in [5.41, 5.74) is 2.18. The summed E-state index contributed by atoms with van der Waals surface area (Å²) in [7, 11) is 0. The van der Waals surface area contributed by atoms with Crippen LogP contribution in [0.3, 0.4) is 0 Å². The van der Waals surface area contributed by atoms with Crippen molar-refractivity contribution in [1.29, 1.82) is 0 Å². The maximum atomic E-state index is 12.4. The van der Waals surface area contributed by atoms with E-state index in [1.54, 1.807) is 0 Å². The minimum atomic E-state index is 0.201. The lowest BCUT2D eigenvalue weighted by atomic mass is 9.89. The van der Waals surface area contributed by atoms with Crippen molar-refractivity contribution in [2.24, 2.45) is 11.8 Å². The number of fused-ring (bicyclic) bond motifs is 1. The first kappa shape index (κ1) is 17.0. The van der Waals surface area contributed by atoms with E-state index >= 15 is 0 Å². The van der Waals surface area contributed by atoms with Gasteiger partial charge in [-0.3, -0.25) is 4.79 Å². The highest BCUT2D eigenvalue weighted by Crippen LogP contribution is 2.24. The Bertz CT molecular complexity index is 683. The van der Waals surface area contributed by atoms with Gasteiger partial charge in [-0.15, -0.1) is 0 Å². The second-order valence-corrected chi connectivity index (χ2v) is 7.40. The average Bonchev–Trinajstić information content (AvgIpc) is 2.96. The standard InChI is InChI=1S/C20H29N3O/c1-15(2)12-13-23-18-11-7-6-10-17(18)22-19(23)14-21-20(24)16-8-4-3-5-9-16/h6-7,10-11,15-16H,3-5,8-9,12-14H2,1-2H3,(H,21,24). The second-order valence-electron chi connectivity index (χ2n) is 7.40. The monoisotopic (exact) mass is 327 g/mol. The lowest BCUT2D eigenvalue weighted by Gasteiger charge is -2.20. The average molecular weight is 327 g/mol. The molecule has 3 rings (SSSR count). The first-order valence-corrected chi connectivity index (χ1v) is 9.37. The molecule has 1 amide bonds. The molecule has 0 radical (unpaired) electrons. The van der Waals surface area contributed by atoms with E-state index in [1.807, 2.05) is 12.1 Å². The molecule has 1 aliphatic carbocycles. The molecule has 0 unspecified atom stereocenters. The summed E-state index contributed by atoms with van der Waals surface area (Å²) in [5.74, 6) is 2.03. The van der Waals surface area contributed by atoms with Crippen LogP contribution in [0.2, 0.25) is 0 Å². The molecule has 1 heterocycles. The van der Waals surface area contributed by atoms with Crippen molar-refractivity contribution >= 4 is 16.9 Å². The number of carbonyl (C=O) groups excluding carboxylic acids is 1. The fraction of sp³-hybridized carbons (Fsp3) is 0.600. The molecule has 2 aromatic rings. The molecule has 1 aliphatic rings. The van der Waals surface area contributed by atoms with E-state index in [9.17, 15) is 4.79 Å². The Morgan fingerprint density at radius 2 is 2.00 bits per heavy atom. The SMILES string of the molecule is CC(C)CCn1c(CNC(=O)C2CCCCC2)nc2ccccc21. The summed E-state index contributed by atoms with van der Waals surface area (Å²) in [5, 5.41) is 3.14. The van der Waals surface area contributed by atoms with E-state index in [0.29, 0.717) is 12.5 Å². The van der Waals surface area contributed by atoms with Crippen molar-refractivity contribution in [2.45, 2.75) is 65.5 Å². The highest BCUT2D eigenvalue weighted by molar-refractivity contribution is 5.79. The summed E-state index contributed by atoms with van der Waals surface area (Å²) in [6.45, 7) is 5.96. The second kappa shape index (κ2) is 7.82. The quantitative estimate of drug-likeness (QED) is 0.861. The molecule has 4 heteroatoms. The van der Waals surface area contributed by atoms with Crippen LogP contribution in [0.25, 0.3) is 11.0 Å². The van der Waals surface area contributed by atoms with Crippen LogP contribution in [0.15, 0.2) is 24.3 Å². The zero-order valence-electron chi connectivity index (χ0n) is 14.9. The molecule has 0 atom stereocenters. The third kappa shape index (κ3) is 3.97. The van der Waals surface area contributed by atoms with E-state index in [4.69, 9.17) is 4.98 Å². The van der Waals surface area contributed by atoms with E-state index in [0.717, 1.165) is 37.1 Å². The molecule has 130 valence electrons. The van der Waals surface area contributed by atoms with Gasteiger partial charge in [0.15, 0.2) is 0 Å². The molecule has 0 spiro atoms. The fourth-order valence-corrected chi connectivity index (χ4v) is 3.57. The molecule has 0 saturated heterocycles. The van der Waals surface area contributed by atoms with E-state index in [-0.39, 0.29) is 11.8 Å². The van der Waals surface area contributed by atoms with Crippen molar-refractivity contribution < 1.29 is 4.79 Å². The summed E-state index contributed by atoms with van der Waals surface area (Å²) in [6.07, 6.45) is 6.83. The minimum Gasteiger partial charge on any atom is -0.349 e. The number of benzene rings is 1. The normalized spacial score (nSPS) is 16.0. The number of rotatable bonds is 6. The van der Waals surface area contributed by atoms with Gasteiger partial charge in [0.05, 0.1) is 17.6 Å². The van der Waals surface area contributed by atoms with Crippen LogP contribution in [0, 0.1) is 11.8 Å². The lowest BCUT2D eigenvalue weighted by molar-refractivity contribution is -0.126.